The first-order valence-corrected chi connectivity index (χ1v) is 5.79. The van der Waals surface area contributed by atoms with E-state index in [-0.39, 0.29) is 11.4 Å². The molecule has 1 atom stereocenters. The van der Waals surface area contributed by atoms with Crippen molar-refractivity contribution in [1.82, 2.24) is 0 Å². The smallest absolute Gasteiger partial charge is 0.302 e. The summed E-state index contributed by atoms with van der Waals surface area (Å²) in [5, 5.41) is 0. The lowest BCUT2D eigenvalue weighted by atomic mass is 9.78. The van der Waals surface area contributed by atoms with Gasteiger partial charge in [0.15, 0.2) is 0 Å². The van der Waals surface area contributed by atoms with Gasteiger partial charge >= 0.3 is 5.97 Å². The second-order valence-corrected chi connectivity index (χ2v) is 5.06. The van der Waals surface area contributed by atoms with E-state index in [2.05, 4.69) is 33.4 Å². The Morgan fingerprint density at radius 2 is 2.00 bits per heavy atom. The zero-order chi connectivity index (χ0) is 12.6. The fourth-order valence-corrected chi connectivity index (χ4v) is 1.53. The van der Waals surface area contributed by atoms with Gasteiger partial charge in [0.1, 0.15) is 6.61 Å². The summed E-state index contributed by atoms with van der Waals surface area (Å²) in [6.07, 6.45) is 8.06. The first-order valence-electron chi connectivity index (χ1n) is 5.79. The van der Waals surface area contributed by atoms with Crippen molar-refractivity contribution in [2.45, 2.75) is 40.5 Å². The maximum absolute atomic E-state index is 10.5. The fourth-order valence-electron chi connectivity index (χ4n) is 1.53. The Morgan fingerprint density at radius 3 is 2.44 bits per heavy atom. The lowest BCUT2D eigenvalue weighted by Gasteiger charge is -2.27. The number of carbonyl (C=O) groups is 1. The molecule has 0 aromatic heterocycles. The topological polar surface area (TPSA) is 26.3 Å². The lowest BCUT2D eigenvalue weighted by Crippen LogP contribution is -2.17. The summed E-state index contributed by atoms with van der Waals surface area (Å²) in [6.45, 7) is 12.3. The number of carbonyl (C=O) groups excluding carboxylic acids is 1. The van der Waals surface area contributed by atoms with Crippen LogP contribution in [-0.4, -0.2) is 12.6 Å². The van der Waals surface area contributed by atoms with Crippen LogP contribution < -0.4 is 0 Å². The van der Waals surface area contributed by atoms with E-state index in [1.54, 1.807) is 0 Å². The highest BCUT2D eigenvalue weighted by molar-refractivity contribution is 5.65. The Balaban J connectivity index is 3.79. The van der Waals surface area contributed by atoms with Crippen molar-refractivity contribution < 1.29 is 9.53 Å². The van der Waals surface area contributed by atoms with Crippen molar-refractivity contribution >= 4 is 5.97 Å². The van der Waals surface area contributed by atoms with Gasteiger partial charge in [-0.3, -0.25) is 4.79 Å². The molecule has 0 aromatic rings. The lowest BCUT2D eigenvalue weighted by molar-refractivity contribution is -0.139. The Kier molecular flexibility index (Phi) is 6.78. The molecule has 92 valence electrons. The molecular weight excluding hydrogens is 200 g/mol. The highest BCUT2D eigenvalue weighted by atomic mass is 16.5. The van der Waals surface area contributed by atoms with Gasteiger partial charge in [-0.2, -0.15) is 0 Å². The van der Waals surface area contributed by atoms with Gasteiger partial charge < -0.3 is 4.74 Å². The predicted octanol–water partition coefficient (Wildman–Crippen LogP) is 3.73. The number of ether oxygens (including phenoxy) is 1. The SMILES string of the molecule is C=CC(CC/C=C/COC(C)=O)C(C)(C)C. The molecule has 0 amide bonds. The summed E-state index contributed by atoms with van der Waals surface area (Å²) in [4.78, 5) is 10.5. The predicted molar refractivity (Wildman–Crippen MR) is 68.1 cm³/mol. The van der Waals surface area contributed by atoms with E-state index in [0.717, 1.165) is 12.8 Å². The minimum absolute atomic E-state index is 0.233. The quantitative estimate of drug-likeness (QED) is 0.507. The van der Waals surface area contributed by atoms with E-state index in [4.69, 9.17) is 4.74 Å². The molecule has 0 saturated carbocycles. The first-order chi connectivity index (χ1) is 7.38. The molecule has 0 aliphatic heterocycles. The molecule has 0 aromatic carbocycles. The summed E-state index contributed by atoms with van der Waals surface area (Å²) < 4.78 is 4.80. The second-order valence-electron chi connectivity index (χ2n) is 5.06. The van der Waals surface area contributed by atoms with Crippen LogP contribution in [0.4, 0.5) is 0 Å². The molecule has 0 bridgehead atoms. The average Bonchev–Trinajstić information content (AvgIpc) is 2.14. The summed E-state index contributed by atoms with van der Waals surface area (Å²) in [7, 11) is 0. The standard InChI is InChI=1S/C14H24O2/c1-6-13(14(3,4)5)10-8-7-9-11-16-12(2)15/h6-7,9,13H,1,8,10-11H2,2-5H3/b9-7+. The molecule has 0 rings (SSSR count). The van der Waals surface area contributed by atoms with Crippen LogP contribution in [0.5, 0.6) is 0 Å². The van der Waals surface area contributed by atoms with E-state index >= 15 is 0 Å². The molecule has 0 aliphatic rings. The van der Waals surface area contributed by atoms with Gasteiger partial charge in [0.2, 0.25) is 0 Å². The van der Waals surface area contributed by atoms with E-state index in [1.807, 2.05) is 12.2 Å². The number of rotatable bonds is 6. The number of hydrogen-bond acceptors (Lipinski definition) is 2. The first kappa shape index (κ1) is 14.9. The summed E-state index contributed by atoms with van der Waals surface area (Å²) in [5.74, 6) is 0.286. The molecule has 1 unspecified atom stereocenters. The van der Waals surface area contributed by atoms with Gasteiger partial charge in [0.25, 0.3) is 0 Å². The van der Waals surface area contributed by atoms with Crippen LogP contribution in [0.1, 0.15) is 40.5 Å². The van der Waals surface area contributed by atoms with Gasteiger partial charge in [-0.25, -0.2) is 0 Å². The molecule has 0 aliphatic carbocycles. The third kappa shape index (κ3) is 7.27. The van der Waals surface area contributed by atoms with E-state index in [1.165, 1.54) is 6.92 Å². The Morgan fingerprint density at radius 1 is 1.38 bits per heavy atom. The number of esters is 1. The van der Waals surface area contributed by atoms with Crippen molar-refractivity contribution in [2.75, 3.05) is 6.61 Å². The van der Waals surface area contributed by atoms with Crippen LogP contribution in [0, 0.1) is 11.3 Å². The van der Waals surface area contributed by atoms with Gasteiger partial charge in [-0.15, -0.1) is 6.58 Å². The minimum atomic E-state index is -0.233. The summed E-state index contributed by atoms with van der Waals surface area (Å²) in [5.41, 5.74) is 0.269. The largest absolute Gasteiger partial charge is 0.462 e. The van der Waals surface area contributed by atoms with Crippen molar-refractivity contribution in [1.29, 1.82) is 0 Å². The van der Waals surface area contributed by atoms with Gasteiger partial charge in [-0.05, 0) is 24.2 Å². The molecular formula is C14H24O2. The second kappa shape index (κ2) is 7.26. The normalized spacial score (nSPS) is 13.8. The molecule has 0 N–H and O–H groups in total. The van der Waals surface area contributed by atoms with Crippen LogP contribution in [0.15, 0.2) is 24.8 Å². The van der Waals surface area contributed by atoms with E-state index < -0.39 is 0 Å². The summed E-state index contributed by atoms with van der Waals surface area (Å²) in [6, 6.07) is 0. The maximum atomic E-state index is 10.5. The molecule has 0 radical (unpaired) electrons. The monoisotopic (exact) mass is 224 g/mol. The van der Waals surface area contributed by atoms with Crippen molar-refractivity contribution in [3.63, 3.8) is 0 Å². The molecule has 0 fully saturated rings. The summed E-state index contributed by atoms with van der Waals surface area (Å²) >= 11 is 0. The average molecular weight is 224 g/mol. The molecule has 16 heavy (non-hydrogen) atoms. The third-order valence-corrected chi connectivity index (χ3v) is 2.59. The van der Waals surface area contributed by atoms with Crippen LogP contribution >= 0.6 is 0 Å². The van der Waals surface area contributed by atoms with Crippen LogP contribution in [0.25, 0.3) is 0 Å². The Hall–Kier alpha value is -1.05. The van der Waals surface area contributed by atoms with Crippen molar-refractivity contribution in [3.8, 4) is 0 Å². The van der Waals surface area contributed by atoms with Gasteiger partial charge in [0, 0.05) is 6.92 Å². The highest BCUT2D eigenvalue weighted by Gasteiger charge is 2.20. The zero-order valence-electron chi connectivity index (χ0n) is 11.0. The highest BCUT2D eigenvalue weighted by Crippen LogP contribution is 2.30. The molecule has 0 spiro atoms. The molecule has 0 saturated heterocycles. The van der Waals surface area contributed by atoms with E-state index in [0.29, 0.717) is 12.5 Å². The molecule has 2 heteroatoms. The number of allylic oxidation sites excluding steroid dienone is 2. The number of hydrogen-bond donors (Lipinski definition) is 0. The molecule has 0 heterocycles. The van der Waals surface area contributed by atoms with Gasteiger partial charge in [-0.1, -0.05) is 39.0 Å². The Labute approximate surface area is 99.4 Å². The molecule has 2 nitrogen and oxygen atoms in total. The van der Waals surface area contributed by atoms with E-state index in [9.17, 15) is 4.79 Å². The van der Waals surface area contributed by atoms with Crippen LogP contribution in [0.3, 0.4) is 0 Å². The third-order valence-electron chi connectivity index (χ3n) is 2.59. The maximum Gasteiger partial charge on any atom is 0.302 e. The fraction of sp³-hybridized carbons (Fsp3) is 0.643. The van der Waals surface area contributed by atoms with Crippen LogP contribution in [0.2, 0.25) is 0 Å². The Bertz CT molecular complexity index is 246. The van der Waals surface area contributed by atoms with Gasteiger partial charge in [0.05, 0.1) is 0 Å². The minimum Gasteiger partial charge on any atom is -0.462 e. The van der Waals surface area contributed by atoms with Crippen molar-refractivity contribution in [2.24, 2.45) is 11.3 Å². The van der Waals surface area contributed by atoms with Crippen molar-refractivity contribution in [3.05, 3.63) is 24.8 Å². The zero-order valence-corrected chi connectivity index (χ0v) is 11.0. The van der Waals surface area contributed by atoms with Crippen LogP contribution in [-0.2, 0) is 9.53 Å².